The quantitative estimate of drug-likeness (QED) is 0.323. The first-order valence-corrected chi connectivity index (χ1v) is 12.0. The van der Waals surface area contributed by atoms with Crippen molar-refractivity contribution in [1.29, 1.82) is 0 Å². The van der Waals surface area contributed by atoms with Crippen molar-refractivity contribution in [3.63, 3.8) is 0 Å². The predicted octanol–water partition coefficient (Wildman–Crippen LogP) is 6.04. The molecule has 0 N–H and O–H groups in total. The van der Waals surface area contributed by atoms with Crippen molar-refractivity contribution in [1.82, 2.24) is 4.98 Å². The van der Waals surface area contributed by atoms with Crippen molar-refractivity contribution in [2.45, 2.75) is 46.6 Å². The Balaban J connectivity index is 1.74. The number of carbonyl (C=O) groups excluding carboxylic acids is 1. The highest BCUT2D eigenvalue weighted by Crippen LogP contribution is 2.41. The van der Waals surface area contributed by atoms with Gasteiger partial charge in [-0.05, 0) is 85.8 Å². The van der Waals surface area contributed by atoms with E-state index in [1.165, 1.54) is 0 Å². The number of anilines is 1. The molecule has 5 rings (SSSR count). The highest BCUT2D eigenvalue weighted by molar-refractivity contribution is 6.10. The number of amides is 1. The summed E-state index contributed by atoms with van der Waals surface area (Å²) in [4.78, 5) is 33.7. The van der Waals surface area contributed by atoms with Crippen molar-refractivity contribution in [2.75, 3.05) is 11.5 Å². The summed E-state index contributed by atoms with van der Waals surface area (Å²) in [5.74, 6) is 0.860. The van der Waals surface area contributed by atoms with Gasteiger partial charge in [-0.2, -0.15) is 0 Å². The summed E-state index contributed by atoms with van der Waals surface area (Å²) in [5, 5.41) is 0.471. The van der Waals surface area contributed by atoms with Crippen LogP contribution >= 0.6 is 0 Å². The summed E-state index contributed by atoms with van der Waals surface area (Å²) in [6.45, 7) is 8.58. The zero-order valence-corrected chi connectivity index (χ0v) is 20.4. The molecule has 0 saturated heterocycles. The number of hydrogen-bond acceptors (Lipinski definition) is 5. The average molecular weight is 469 g/mol. The standard InChI is InChI=1S/C29H28N2O4/c1-5-6-12-34-21-9-7-8-20(16-21)26-25-27(32)22-14-18(3)19(4)15-23(22)35-28(25)29(33)31(26)24-13-17(2)10-11-30-24/h7-11,13-16,26H,5-6,12H2,1-4H3. The number of aromatic nitrogens is 1. The van der Waals surface area contributed by atoms with Gasteiger partial charge in [-0.15, -0.1) is 0 Å². The number of nitrogens with zero attached hydrogens (tertiary/aromatic N) is 2. The second-order valence-corrected chi connectivity index (χ2v) is 9.15. The fraction of sp³-hybridized carbons (Fsp3) is 0.276. The lowest BCUT2D eigenvalue weighted by Gasteiger charge is -2.24. The van der Waals surface area contributed by atoms with Gasteiger partial charge in [0.25, 0.3) is 5.91 Å². The largest absolute Gasteiger partial charge is 0.494 e. The maximum atomic E-state index is 13.9. The fourth-order valence-electron chi connectivity index (χ4n) is 4.54. The molecule has 0 aliphatic carbocycles. The molecule has 178 valence electrons. The molecule has 2 aromatic carbocycles. The molecule has 1 aliphatic rings. The zero-order chi connectivity index (χ0) is 24.7. The van der Waals surface area contributed by atoms with Gasteiger partial charge in [-0.3, -0.25) is 14.5 Å². The minimum Gasteiger partial charge on any atom is -0.494 e. The van der Waals surface area contributed by atoms with Gasteiger partial charge in [0, 0.05) is 6.20 Å². The molecule has 6 nitrogen and oxygen atoms in total. The van der Waals surface area contributed by atoms with E-state index in [-0.39, 0.29) is 17.1 Å². The Morgan fingerprint density at radius 2 is 1.83 bits per heavy atom. The second-order valence-electron chi connectivity index (χ2n) is 9.15. The summed E-state index contributed by atoms with van der Waals surface area (Å²) in [5.41, 5.74) is 4.27. The highest BCUT2D eigenvalue weighted by atomic mass is 16.5. The molecule has 2 aromatic heterocycles. The Bertz CT molecular complexity index is 1500. The average Bonchev–Trinajstić information content (AvgIpc) is 3.13. The van der Waals surface area contributed by atoms with Crippen LogP contribution in [0.15, 0.2) is 63.9 Å². The normalized spacial score (nSPS) is 15.0. The molecule has 0 spiro atoms. The van der Waals surface area contributed by atoms with Crippen LogP contribution in [0.2, 0.25) is 0 Å². The first-order chi connectivity index (χ1) is 16.9. The molecular formula is C29H28N2O4. The van der Waals surface area contributed by atoms with E-state index in [1.807, 2.05) is 69.3 Å². The Morgan fingerprint density at radius 1 is 1.03 bits per heavy atom. The van der Waals surface area contributed by atoms with E-state index in [4.69, 9.17) is 9.15 Å². The van der Waals surface area contributed by atoms with Crippen molar-refractivity contribution >= 4 is 22.7 Å². The number of pyridine rings is 1. The first kappa shape index (κ1) is 22.8. The highest BCUT2D eigenvalue weighted by Gasteiger charge is 2.44. The molecule has 0 bridgehead atoms. The van der Waals surface area contributed by atoms with Gasteiger partial charge in [-0.25, -0.2) is 4.98 Å². The van der Waals surface area contributed by atoms with Gasteiger partial charge in [0.15, 0.2) is 5.43 Å². The lowest BCUT2D eigenvalue weighted by atomic mass is 9.97. The molecule has 1 amide bonds. The summed E-state index contributed by atoms with van der Waals surface area (Å²) in [7, 11) is 0. The van der Waals surface area contributed by atoms with E-state index in [1.54, 1.807) is 11.1 Å². The Morgan fingerprint density at radius 3 is 2.60 bits per heavy atom. The number of benzene rings is 2. The third-order valence-electron chi connectivity index (χ3n) is 6.57. The van der Waals surface area contributed by atoms with Gasteiger partial charge < -0.3 is 9.15 Å². The fourth-order valence-corrected chi connectivity index (χ4v) is 4.54. The van der Waals surface area contributed by atoms with Crippen LogP contribution in [0.5, 0.6) is 5.75 Å². The Labute approximate surface area is 204 Å². The number of unbranched alkanes of at least 4 members (excludes halogenated alkanes) is 1. The maximum absolute atomic E-state index is 13.9. The van der Waals surface area contributed by atoms with E-state index in [0.29, 0.717) is 34.7 Å². The second kappa shape index (κ2) is 9.02. The van der Waals surface area contributed by atoms with Crippen LogP contribution < -0.4 is 15.1 Å². The smallest absolute Gasteiger partial charge is 0.296 e. The van der Waals surface area contributed by atoms with Crippen molar-refractivity contribution in [3.05, 3.63) is 98.5 Å². The summed E-state index contributed by atoms with van der Waals surface area (Å²) >= 11 is 0. The third-order valence-corrected chi connectivity index (χ3v) is 6.57. The van der Waals surface area contributed by atoms with Crippen LogP contribution in [-0.4, -0.2) is 17.5 Å². The van der Waals surface area contributed by atoms with E-state index >= 15 is 0 Å². The van der Waals surface area contributed by atoms with Crippen LogP contribution in [0.4, 0.5) is 5.82 Å². The van der Waals surface area contributed by atoms with Gasteiger partial charge in [0.05, 0.1) is 23.6 Å². The minimum atomic E-state index is -0.677. The number of carbonyl (C=O) groups is 1. The maximum Gasteiger partial charge on any atom is 0.296 e. The Hall–Kier alpha value is -3.93. The van der Waals surface area contributed by atoms with Crippen LogP contribution in [-0.2, 0) is 0 Å². The Kier molecular flexibility index (Phi) is 5.89. The number of ether oxygens (including phenoxy) is 1. The van der Waals surface area contributed by atoms with Crippen molar-refractivity contribution in [3.8, 4) is 5.75 Å². The lowest BCUT2D eigenvalue weighted by molar-refractivity contribution is 0.0970. The molecule has 1 aliphatic heterocycles. The monoisotopic (exact) mass is 468 g/mol. The number of aryl methyl sites for hydroxylation is 3. The third kappa shape index (κ3) is 3.99. The molecule has 4 aromatic rings. The molecule has 0 saturated carbocycles. The van der Waals surface area contributed by atoms with Crippen LogP contribution in [0, 0.1) is 20.8 Å². The van der Waals surface area contributed by atoms with E-state index < -0.39 is 6.04 Å². The van der Waals surface area contributed by atoms with Gasteiger partial charge >= 0.3 is 0 Å². The molecular weight excluding hydrogens is 440 g/mol. The first-order valence-electron chi connectivity index (χ1n) is 12.0. The molecule has 1 unspecified atom stereocenters. The summed E-state index contributed by atoms with van der Waals surface area (Å²) in [6.07, 6.45) is 3.65. The van der Waals surface area contributed by atoms with Gasteiger partial charge in [0.1, 0.15) is 17.2 Å². The van der Waals surface area contributed by atoms with Gasteiger partial charge in [0.2, 0.25) is 5.76 Å². The SMILES string of the molecule is CCCCOc1cccc(C2c3c(oc4cc(C)c(C)cc4c3=O)C(=O)N2c2cc(C)ccn2)c1. The predicted molar refractivity (Wildman–Crippen MR) is 136 cm³/mol. The molecule has 35 heavy (non-hydrogen) atoms. The lowest BCUT2D eigenvalue weighted by Crippen LogP contribution is -2.30. The van der Waals surface area contributed by atoms with Crippen molar-refractivity contribution < 1.29 is 13.9 Å². The summed E-state index contributed by atoms with van der Waals surface area (Å²) < 4.78 is 12.1. The van der Waals surface area contributed by atoms with Crippen LogP contribution in [0.1, 0.15) is 64.2 Å². The molecule has 1 atom stereocenters. The van der Waals surface area contributed by atoms with Crippen LogP contribution in [0.3, 0.4) is 0 Å². The molecule has 3 heterocycles. The zero-order valence-electron chi connectivity index (χ0n) is 20.4. The topological polar surface area (TPSA) is 72.6 Å². The molecule has 0 fully saturated rings. The van der Waals surface area contributed by atoms with E-state index in [2.05, 4.69) is 11.9 Å². The van der Waals surface area contributed by atoms with Gasteiger partial charge in [-0.1, -0.05) is 25.5 Å². The summed E-state index contributed by atoms with van der Waals surface area (Å²) in [6, 6.07) is 14.3. The minimum absolute atomic E-state index is 0.0661. The molecule has 6 heteroatoms. The molecule has 0 radical (unpaired) electrons. The van der Waals surface area contributed by atoms with E-state index in [9.17, 15) is 9.59 Å². The van der Waals surface area contributed by atoms with Crippen LogP contribution in [0.25, 0.3) is 11.0 Å². The number of rotatable bonds is 6. The number of hydrogen-bond donors (Lipinski definition) is 0. The number of fused-ring (bicyclic) bond motifs is 2. The van der Waals surface area contributed by atoms with Crippen molar-refractivity contribution in [2.24, 2.45) is 0 Å². The van der Waals surface area contributed by atoms with E-state index in [0.717, 1.165) is 35.1 Å².